The molecule has 0 unspecified atom stereocenters. The normalized spacial score (nSPS) is 11.9. The maximum Gasteiger partial charge on any atom is 0.243 e. The number of benzene rings is 3. The summed E-state index contributed by atoms with van der Waals surface area (Å²) in [6, 6.07) is 28.8. The SMILES string of the molecule is CCNS(=O)(=O)c1ccc(CCC(=O)N(Cc2ccccc2)[C@@H](Cc2ccccc2)C(=O)NCc2cccnc2)cc1. The van der Waals surface area contributed by atoms with Crippen LogP contribution in [0.4, 0.5) is 0 Å². The Morgan fingerprint density at radius 1 is 0.810 bits per heavy atom. The Hall–Kier alpha value is -4.34. The lowest BCUT2D eigenvalue weighted by atomic mass is 10.0. The molecular formula is C33H36N4O4S. The fourth-order valence-corrected chi connectivity index (χ4v) is 5.69. The zero-order valence-corrected chi connectivity index (χ0v) is 24.5. The quantitative estimate of drug-likeness (QED) is 0.230. The highest BCUT2D eigenvalue weighted by Crippen LogP contribution is 2.18. The van der Waals surface area contributed by atoms with E-state index in [-0.39, 0.29) is 29.7 Å². The molecule has 3 aromatic carbocycles. The van der Waals surface area contributed by atoms with Crippen molar-refractivity contribution in [3.63, 3.8) is 0 Å². The molecule has 218 valence electrons. The maximum absolute atomic E-state index is 13.9. The first-order chi connectivity index (χ1) is 20.4. The molecule has 0 saturated heterocycles. The van der Waals surface area contributed by atoms with E-state index in [4.69, 9.17) is 0 Å². The van der Waals surface area contributed by atoms with Crippen LogP contribution >= 0.6 is 0 Å². The summed E-state index contributed by atoms with van der Waals surface area (Å²) in [5, 5.41) is 3.01. The molecule has 0 aliphatic carbocycles. The molecule has 0 bridgehead atoms. The van der Waals surface area contributed by atoms with Gasteiger partial charge in [0.2, 0.25) is 21.8 Å². The van der Waals surface area contributed by atoms with E-state index >= 15 is 0 Å². The number of carbonyl (C=O) groups excluding carboxylic acids is 2. The molecule has 1 aromatic heterocycles. The number of rotatable bonds is 14. The molecule has 1 heterocycles. The fourth-order valence-electron chi connectivity index (χ4n) is 4.65. The largest absolute Gasteiger partial charge is 0.350 e. The minimum atomic E-state index is -3.56. The molecule has 0 radical (unpaired) electrons. The van der Waals surface area contributed by atoms with Gasteiger partial charge in [-0.2, -0.15) is 0 Å². The number of pyridine rings is 1. The lowest BCUT2D eigenvalue weighted by molar-refractivity contribution is -0.141. The zero-order valence-electron chi connectivity index (χ0n) is 23.6. The molecule has 8 nitrogen and oxygen atoms in total. The van der Waals surface area contributed by atoms with Crippen molar-refractivity contribution in [1.29, 1.82) is 0 Å². The highest BCUT2D eigenvalue weighted by atomic mass is 32.2. The van der Waals surface area contributed by atoms with Crippen molar-refractivity contribution >= 4 is 21.8 Å². The maximum atomic E-state index is 13.9. The Bertz CT molecular complexity index is 1530. The van der Waals surface area contributed by atoms with Crippen LogP contribution in [0.1, 0.15) is 35.6 Å². The van der Waals surface area contributed by atoms with Gasteiger partial charge < -0.3 is 10.2 Å². The smallest absolute Gasteiger partial charge is 0.243 e. The van der Waals surface area contributed by atoms with Crippen LogP contribution in [0.3, 0.4) is 0 Å². The molecule has 0 saturated carbocycles. The molecule has 0 spiro atoms. The Balaban J connectivity index is 1.56. The Morgan fingerprint density at radius 2 is 1.45 bits per heavy atom. The highest BCUT2D eigenvalue weighted by molar-refractivity contribution is 7.89. The van der Waals surface area contributed by atoms with Crippen molar-refractivity contribution in [2.75, 3.05) is 6.54 Å². The molecule has 9 heteroatoms. The monoisotopic (exact) mass is 584 g/mol. The van der Waals surface area contributed by atoms with Gasteiger partial charge in [0.1, 0.15) is 6.04 Å². The van der Waals surface area contributed by atoms with E-state index in [0.29, 0.717) is 25.9 Å². The topological polar surface area (TPSA) is 108 Å². The van der Waals surface area contributed by atoms with Gasteiger partial charge in [-0.1, -0.05) is 85.8 Å². The van der Waals surface area contributed by atoms with E-state index in [1.807, 2.05) is 72.8 Å². The van der Waals surface area contributed by atoms with Crippen LogP contribution < -0.4 is 10.0 Å². The summed E-state index contributed by atoms with van der Waals surface area (Å²) in [6.45, 7) is 2.60. The van der Waals surface area contributed by atoms with Gasteiger partial charge in [-0.3, -0.25) is 14.6 Å². The minimum absolute atomic E-state index is 0.160. The summed E-state index contributed by atoms with van der Waals surface area (Å²) in [6.07, 6.45) is 4.30. The number of nitrogens with zero attached hydrogens (tertiary/aromatic N) is 2. The summed E-state index contributed by atoms with van der Waals surface area (Å²) < 4.78 is 27.1. The van der Waals surface area contributed by atoms with E-state index < -0.39 is 16.1 Å². The third kappa shape index (κ3) is 8.83. The summed E-state index contributed by atoms with van der Waals surface area (Å²) >= 11 is 0. The van der Waals surface area contributed by atoms with Crippen LogP contribution in [-0.2, 0) is 45.5 Å². The van der Waals surface area contributed by atoms with Gasteiger partial charge in [0.05, 0.1) is 4.90 Å². The van der Waals surface area contributed by atoms with Gasteiger partial charge in [0, 0.05) is 44.9 Å². The minimum Gasteiger partial charge on any atom is -0.350 e. The molecular weight excluding hydrogens is 548 g/mol. The number of sulfonamides is 1. The molecule has 4 rings (SSSR count). The number of aromatic nitrogens is 1. The van der Waals surface area contributed by atoms with E-state index in [1.165, 1.54) is 0 Å². The summed E-state index contributed by atoms with van der Waals surface area (Å²) in [5.41, 5.74) is 3.56. The van der Waals surface area contributed by atoms with Crippen molar-refractivity contribution in [3.05, 3.63) is 132 Å². The molecule has 4 aromatic rings. The van der Waals surface area contributed by atoms with E-state index in [9.17, 15) is 18.0 Å². The van der Waals surface area contributed by atoms with E-state index in [0.717, 1.165) is 22.3 Å². The molecule has 0 aliphatic rings. The zero-order chi connectivity index (χ0) is 29.8. The van der Waals surface area contributed by atoms with Crippen molar-refractivity contribution < 1.29 is 18.0 Å². The molecule has 0 fully saturated rings. The van der Waals surface area contributed by atoms with E-state index in [2.05, 4.69) is 15.0 Å². The molecule has 2 amide bonds. The predicted molar refractivity (Wildman–Crippen MR) is 163 cm³/mol. The van der Waals surface area contributed by atoms with Crippen molar-refractivity contribution in [2.45, 2.75) is 50.2 Å². The van der Waals surface area contributed by atoms with Crippen LogP contribution in [0.15, 0.2) is 114 Å². The number of hydrogen-bond donors (Lipinski definition) is 2. The Kier molecular flexibility index (Phi) is 11.0. The molecule has 1 atom stereocenters. The second-order valence-corrected chi connectivity index (χ2v) is 11.7. The van der Waals surface area contributed by atoms with Gasteiger partial charge >= 0.3 is 0 Å². The first kappa shape index (κ1) is 30.6. The Labute approximate surface area is 247 Å². The van der Waals surface area contributed by atoms with Gasteiger partial charge in [-0.05, 0) is 46.9 Å². The van der Waals surface area contributed by atoms with Crippen LogP contribution in [0.5, 0.6) is 0 Å². The third-order valence-electron chi connectivity index (χ3n) is 6.85. The first-order valence-corrected chi connectivity index (χ1v) is 15.5. The second kappa shape index (κ2) is 15.0. The predicted octanol–water partition coefficient (Wildman–Crippen LogP) is 4.27. The van der Waals surface area contributed by atoms with Crippen molar-refractivity contribution in [3.8, 4) is 0 Å². The van der Waals surface area contributed by atoms with Crippen LogP contribution in [0.25, 0.3) is 0 Å². The van der Waals surface area contributed by atoms with Crippen LogP contribution in [0.2, 0.25) is 0 Å². The summed E-state index contributed by atoms with van der Waals surface area (Å²) in [5.74, 6) is -0.411. The second-order valence-electron chi connectivity index (χ2n) is 9.94. The van der Waals surface area contributed by atoms with Gasteiger partial charge in [0.15, 0.2) is 0 Å². The number of carbonyl (C=O) groups is 2. The number of amides is 2. The first-order valence-electron chi connectivity index (χ1n) is 14.0. The Morgan fingerprint density at radius 3 is 2.07 bits per heavy atom. The van der Waals surface area contributed by atoms with E-state index in [1.54, 1.807) is 48.5 Å². The standard InChI is InChI=1S/C33H36N4O4S/c1-2-36-42(40,41)30-18-15-26(16-19-30)17-20-32(38)37(25-28-12-7-4-8-13-28)31(22-27-10-5-3-6-11-27)33(39)35-24-29-14-9-21-34-23-29/h3-16,18-19,21,23,31,36H,2,17,20,22,24-25H2,1H3,(H,35,39)/t31-/m0/s1. The number of nitrogens with one attached hydrogen (secondary N) is 2. The number of hydrogen-bond acceptors (Lipinski definition) is 5. The molecule has 2 N–H and O–H groups in total. The fraction of sp³-hybridized carbons (Fsp3) is 0.242. The molecule has 42 heavy (non-hydrogen) atoms. The van der Waals surface area contributed by atoms with Gasteiger partial charge in [-0.15, -0.1) is 0 Å². The van der Waals surface area contributed by atoms with Crippen molar-refractivity contribution in [1.82, 2.24) is 19.9 Å². The van der Waals surface area contributed by atoms with Crippen molar-refractivity contribution in [2.24, 2.45) is 0 Å². The molecule has 0 aliphatic heterocycles. The third-order valence-corrected chi connectivity index (χ3v) is 8.41. The van der Waals surface area contributed by atoms with Gasteiger partial charge in [0.25, 0.3) is 0 Å². The van der Waals surface area contributed by atoms with Gasteiger partial charge in [-0.25, -0.2) is 13.1 Å². The average molecular weight is 585 g/mol. The van der Waals surface area contributed by atoms with Crippen LogP contribution in [-0.4, -0.2) is 42.7 Å². The lowest BCUT2D eigenvalue weighted by Gasteiger charge is -2.31. The average Bonchev–Trinajstić information content (AvgIpc) is 3.02. The summed E-state index contributed by atoms with van der Waals surface area (Å²) in [4.78, 5) is 33.6. The highest BCUT2D eigenvalue weighted by Gasteiger charge is 2.30. The summed E-state index contributed by atoms with van der Waals surface area (Å²) in [7, 11) is -3.56. The van der Waals surface area contributed by atoms with Crippen LogP contribution in [0, 0.1) is 0 Å². The number of aryl methyl sites for hydroxylation is 1. The lowest BCUT2D eigenvalue weighted by Crippen LogP contribution is -2.50.